The lowest BCUT2D eigenvalue weighted by molar-refractivity contribution is 0.302. The Morgan fingerprint density at radius 2 is 1.84 bits per heavy atom. The minimum Gasteiger partial charge on any atom is -0.493 e. The monoisotopic (exact) mass is 286 g/mol. The van der Waals surface area contributed by atoms with Crippen LogP contribution in [0.1, 0.15) is 44.6 Å². The fourth-order valence-electron chi connectivity index (χ4n) is 1.83. The van der Waals surface area contributed by atoms with Gasteiger partial charge in [0.05, 0.1) is 11.5 Å². The maximum Gasteiger partial charge on any atom is 0.294 e. The van der Waals surface area contributed by atoms with Crippen LogP contribution < -0.4 is 4.74 Å². The Kier molecular flexibility index (Phi) is 6.31. The first-order valence-electron chi connectivity index (χ1n) is 6.66. The third-order valence-electron chi connectivity index (χ3n) is 2.95. The average Bonchev–Trinajstić information content (AvgIpc) is 2.34. The maximum absolute atomic E-state index is 11.0. The van der Waals surface area contributed by atoms with Crippen LogP contribution in [-0.4, -0.2) is 19.6 Å². The van der Waals surface area contributed by atoms with E-state index in [4.69, 9.17) is 9.29 Å². The number of hydrogen-bond donors (Lipinski definition) is 1. The highest BCUT2D eigenvalue weighted by Crippen LogP contribution is 2.22. The molecule has 0 unspecified atom stereocenters. The minimum atomic E-state index is -4.13. The number of aryl methyl sites for hydroxylation is 1. The third-order valence-corrected chi connectivity index (χ3v) is 3.80. The minimum absolute atomic E-state index is 0.0969. The summed E-state index contributed by atoms with van der Waals surface area (Å²) in [6.45, 7) is 4.58. The van der Waals surface area contributed by atoms with E-state index in [2.05, 4.69) is 6.92 Å². The van der Waals surface area contributed by atoms with Crippen molar-refractivity contribution < 1.29 is 17.7 Å². The van der Waals surface area contributed by atoms with Crippen molar-refractivity contribution in [1.82, 2.24) is 0 Å². The predicted molar refractivity (Wildman–Crippen MR) is 75.2 cm³/mol. The highest BCUT2D eigenvalue weighted by molar-refractivity contribution is 7.85. The molecule has 0 amide bonds. The smallest absolute Gasteiger partial charge is 0.294 e. The number of rotatable bonds is 8. The van der Waals surface area contributed by atoms with Crippen molar-refractivity contribution in [2.45, 2.75) is 50.8 Å². The Bertz CT molecular complexity index is 494. The van der Waals surface area contributed by atoms with Gasteiger partial charge in [-0.05, 0) is 37.1 Å². The molecule has 0 heterocycles. The first-order chi connectivity index (χ1) is 8.95. The van der Waals surface area contributed by atoms with Gasteiger partial charge in [-0.15, -0.1) is 0 Å². The summed E-state index contributed by atoms with van der Waals surface area (Å²) in [5.41, 5.74) is 0.712. The fourth-order valence-corrected chi connectivity index (χ4v) is 2.40. The van der Waals surface area contributed by atoms with Gasteiger partial charge in [-0.2, -0.15) is 8.42 Å². The van der Waals surface area contributed by atoms with Gasteiger partial charge in [0.25, 0.3) is 10.1 Å². The zero-order valence-corrected chi connectivity index (χ0v) is 12.4. The number of hydrogen-bond acceptors (Lipinski definition) is 3. The van der Waals surface area contributed by atoms with Gasteiger partial charge in [-0.1, -0.05) is 32.6 Å². The third kappa shape index (κ3) is 5.61. The van der Waals surface area contributed by atoms with E-state index in [9.17, 15) is 8.42 Å². The van der Waals surface area contributed by atoms with Crippen LogP contribution in [0.25, 0.3) is 0 Å². The van der Waals surface area contributed by atoms with E-state index >= 15 is 0 Å². The van der Waals surface area contributed by atoms with Crippen LogP contribution >= 0.6 is 0 Å². The summed E-state index contributed by atoms with van der Waals surface area (Å²) in [4.78, 5) is -0.0969. The molecule has 0 fully saturated rings. The molecule has 0 radical (unpaired) electrons. The summed E-state index contributed by atoms with van der Waals surface area (Å²) in [6, 6.07) is 4.36. The lowest BCUT2D eigenvalue weighted by Crippen LogP contribution is -2.02. The Morgan fingerprint density at radius 3 is 2.42 bits per heavy atom. The van der Waals surface area contributed by atoms with Crippen LogP contribution in [0.3, 0.4) is 0 Å². The van der Waals surface area contributed by atoms with Crippen LogP contribution in [-0.2, 0) is 10.1 Å². The molecule has 0 saturated carbocycles. The molecule has 0 bridgehead atoms. The van der Waals surface area contributed by atoms with Gasteiger partial charge in [-0.3, -0.25) is 4.55 Å². The van der Waals surface area contributed by atoms with Gasteiger partial charge < -0.3 is 4.74 Å². The summed E-state index contributed by atoms with van der Waals surface area (Å²) in [5.74, 6) is 0.669. The standard InChI is InChI=1S/C14H22O4S/c1-3-4-5-6-7-10-18-14-9-8-13(11-12(14)2)19(15,16)17/h8-9,11H,3-7,10H2,1-2H3,(H,15,16,17). The second kappa shape index (κ2) is 7.50. The number of benzene rings is 1. The van der Waals surface area contributed by atoms with Gasteiger partial charge in [0.1, 0.15) is 5.75 Å². The van der Waals surface area contributed by atoms with Crippen molar-refractivity contribution >= 4 is 10.1 Å². The normalized spacial score (nSPS) is 11.5. The van der Waals surface area contributed by atoms with Crippen molar-refractivity contribution in [3.8, 4) is 5.75 Å². The number of unbranched alkanes of at least 4 members (excludes halogenated alkanes) is 4. The van der Waals surface area contributed by atoms with Crippen molar-refractivity contribution in [3.05, 3.63) is 23.8 Å². The van der Waals surface area contributed by atoms with Crippen LogP contribution in [0.5, 0.6) is 5.75 Å². The second-order valence-electron chi connectivity index (χ2n) is 4.67. The Balaban J connectivity index is 2.47. The molecule has 1 rings (SSSR count). The Morgan fingerprint density at radius 1 is 1.16 bits per heavy atom. The highest BCUT2D eigenvalue weighted by Gasteiger charge is 2.11. The van der Waals surface area contributed by atoms with E-state index in [0.29, 0.717) is 17.9 Å². The molecule has 0 aliphatic rings. The van der Waals surface area contributed by atoms with Crippen LogP contribution in [0.15, 0.2) is 23.1 Å². The van der Waals surface area contributed by atoms with Crippen molar-refractivity contribution in [2.24, 2.45) is 0 Å². The largest absolute Gasteiger partial charge is 0.493 e. The lowest BCUT2D eigenvalue weighted by Gasteiger charge is -2.09. The fraction of sp³-hybridized carbons (Fsp3) is 0.571. The zero-order valence-electron chi connectivity index (χ0n) is 11.6. The molecule has 0 atom stereocenters. The predicted octanol–water partition coefficient (Wildman–Crippen LogP) is 3.59. The summed E-state index contributed by atoms with van der Waals surface area (Å²) in [6.07, 6.45) is 5.84. The van der Waals surface area contributed by atoms with Gasteiger partial charge >= 0.3 is 0 Å². The van der Waals surface area contributed by atoms with Crippen LogP contribution in [0, 0.1) is 6.92 Å². The SMILES string of the molecule is CCCCCCCOc1ccc(S(=O)(=O)O)cc1C. The molecule has 108 valence electrons. The molecule has 0 aliphatic carbocycles. The van der Waals surface area contributed by atoms with Gasteiger partial charge in [0.15, 0.2) is 0 Å². The van der Waals surface area contributed by atoms with Crippen LogP contribution in [0.4, 0.5) is 0 Å². The molecular formula is C14H22O4S. The summed E-state index contributed by atoms with van der Waals surface area (Å²) in [7, 11) is -4.13. The summed E-state index contributed by atoms with van der Waals surface area (Å²) in [5, 5.41) is 0. The molecular weight excluding hydrogens is 264 g/mol. The Labute approximate surface area is 115 Å². The molecule has 0 spiro atoms. The molecule has 0 aliphatic heterocycles. The van der Waals surface area contributed by atoms with Crippen molar-refractivity contribution in [2.75, 3.05) is 6.61 Å². The van der Waals surface area contributed by atoms with E-state index in [0.717, 1.165) is 12.8 Å². The van der Waals surface area contributed by atoms with Crippen molar-refractivity contribution in [3.63, 3.8) is 0 Å². The number of ether oxygens (including phenoxy) is 1. The molecule has 0 saturated heterocycles. The lowest BCUT2D eigenvalue weighted by atomic mass is 10.2. The molecule has 0 aromatic heterocycles. The molecule has 4 nitrogen and oxygen atoms in total. The first kappa shape index (κ1) is 16.0. The average molecular weight is 286 g/mol. The van der Waals surface area contributed by atoms with E-state index in [1.54, 1.807) is 13.0 Å². The van der Waals surface area contributed by atoms with Gasteiger partial charge in [0.2, 0.25) is 0 Å². The molecule has 19 heavy (non-hydrogen) atoms. The highest BCUT2D eigenvalue weighted by atomic mass is 32.2. The van der Waals surface area contributed by atoms with Gasteiger partial charge in [-0.25, -0.2) is 0 Å². The van der Waals surface area contributed by atoms with Gasteiger partial charge in [0, 0.05) is 0 Å². The van der Waals surface area contributed by atoms with E-state index in [-0.39, 0.29) is 4.90 Å². The summed E-state index contributed by atoms with van der Waals surface area (Å²) >= 11 is 0. The van der Waals surface area contributed by atoms with Crippen molar-refractivity contribution in [1.29, 1.82) is 0 Å². The molecule has 1 N–H and O–H groups in total. The second-order valence-corrected chi connectivity index (χ2v) is 6.09. The molecule has 5 heteroatoms. The van der Waals surface area contributed by atoms with E-state index in [1.165, 1.54) is 31.4 Å². The first-order valence-corrected chi connectivity index (χ1v) is 8.10. The van der Waals surface area contributed by atoms with Crippen LogP contribution in [0.2, 0.25) is 0 Å². The quantitative estimate of drug-likeness (QED) is 0.586. The van der Waals surface area contributed by atoms with E-state index in [1.807, 2.05) is 0 Å². The summed E-state index contributed by atoms with van der Waals surface area (Å²) < 4.78 is 36.5. The Hall–Kier alpha value is -1.07. The maximum atomic E-state index is 11.0. The molecule has 1 aromatic carbocycles. The zero-order chi connectivity index (χ0) is 14.3. The van der Waals surface area contributed by atoms with E-state index < -0.39 is 10.1 Å². The molecule has 1 aromatic rings. The topological polar surface area (TPSA) is 63.6 Å².